The topological polar surface area (TPSA) is 65.9 Å². The lowest BCUT2D eigenvalue weighted by Gasteiger charge is -2.06. The van der Waals surface area contributed by atoms with Crippen LogP contribution in [0.4, 0.5) is 0 Å². The van der Waals surface area contributed by atoms with E-state index in [1.165, 1.54) is 6.21 Å². The second kappa shape index (κ2) is 9.29. The normalized spacial score (nSPS) is 10.6. The molecule has 0 saturated heterocycles. The van der Waals surface area contributed by atoms with Gasteiger partial charge in [0.1, 0.15) is 5.75 Å². The van der Waals surface area contributed by atoms with Gasteiger partial charge in [0.2, 0.25) is 0 Å². The van der Waals surface area contributed by atoms with Gasteiger partial charge in [-0.3, -0.25) is 5.43 Å². The molecule has 0 aromatic heterocycles. The SMILES string of the molecule is CCOCCCNC(=S)N/N=C/c1ccccc1O. The van der Waals surface area contributed by atoms with Crippen LogP contribution in [0.5, 0.6) is 5.75 Å². The fourth-order valence-corrected chi connectivity index (χ4v) is 1.47. The zero-order valence-corrected chi connectivity index (χ0v) is 11.7. The molecule has 3 N–H and O–H groups in total. The molecule has 0 amide bonds. The van der Waals surface area contributed by atoms with Crippen molar-refractivity contribution >= 4 is 23.5 Å². The summed E-state index contributed by atoms with van der Waals surface area (Å²) in [5, 5.41) is 16.9. The predicted octanol–water partition coefficient (Wildman–Crippen LogP) is 1.62. The number of nitrogens with zero attached hydrogens (tertiary/aromatic N) is 1. The molecule has 5 nitrogen and oxygen atoms in total. The van der Waals surface area contributed by atoms with Gasteiger partial charge in [0, 0.05) is 25.3 Å². The van der Waals surface area contributed by atoms with Crippen LogP contribution in [0.15, 0.2) is 29.4 Å². The molecule has 0 aliphatic rings. The molecule has 0 radical (unpaired) electrons. The van der Waals surface area contributed by atoms with Crippen LogP contribution in [0.1, 0.15) is 18.9 Å². The van der Waals surface area contributed by atoms with Crippen LogP contribution in [0.3, 0.4) is 0 Å². The van der Waals surface area contributed by atoms with Gasteiger partial charge in [-0.2, -0.15) is 5.10 Å². The van der Waals surface area contributed by atoms with E-state index in [-0.39, 0.29) is 5.75 Å². The molecule has 0 aliphatic carbocycles. The van der Waals surface area contributed by atoms with E-state index >= 15 is 0 Å². The van der Waals surface area contributed by atoms with Crippen molar-refractivity contribution < 1.29 is 9.84 Å². The molecule has 0 saturated carbocycles. The Morgan fingerprint density at radius 1 is 1.47 bits per heavy atom. The Hall–Kier alpha value is -1.66. The molecule has 0 unspecified atom stereocenters. The van der Waals surface area contributed by atoms with Crippen molar-refractivity contribution in [1.29, 1.82) is 0 Å². The lowest BCUT2D eigenvalue weighted by Crippen LogP contribution is -2.33. The van der Waals surface area contributed by atoms with Gasteiger partial charge in [0.15, 0.2) is 5.11 Å². The molecule has 0 aliphatic heterocycles. The molecule has 0 spiro atoms. The van der Waals surface area contributed by atoms with Crippen LogP contribution in [0, 0.1) is 0 Å². The molecule has 19 heavy (non-hydrogen) atoms. The Morgan fingerprint density at radius 3 is 3.00 bits per heavy atom. The van der Waals surface area contributed by atoms with Crippen molar-refractivity contribution in [3.63, 3.8) is 0 Å². The lowest BCUT2D eigenvalue weighted by molar-refractivity contribution is 0.145. The minimum Gasteiger partial charge on any atom is -0.507 e. The van der Waals surface area contributed by atoms with Gasteiger partial charge in [-0.15, -0.1) is 0 Å². The maximum atomic E-state index is 9.52. The van der Waals surface area contributed by atoms with E-state index in [1.54, 1.807) is 18.2 Å². The van der Waals surface area contributed by atoms with Crippen LogP contribution in [0.2, 0.25) is 0 Å². The number of hydrogen-bond donors (Lipinski definition) is 3. The number of hydrogen-bond acceptors (Lipinski definition) is 4. The summed E-state index contributed by atoms with van der Waals surface area (Å²) in [6.45, 7) is 4.14. The van der Waals surface area contributed by atoms with Crippen molar-refractivity contribution in [2.24, 2.45) is 5.10 Å². The zero-order chi connectivity index (χ0) is 13.9. The second-order valence-corrected chi connectivity index (χ2v) is 4.14. The molecule has 0 fully saturated rings. The van der Waals surface area contributed by atoms with Gasteiger partial charge in [-0.05, 0) is 37.7 Å². The minimum atomic E-state index is 0.184. The van der Waals surface area contributed by atoms with Gasteiger partial charge in [0.25, 0.3) is 0 Å². The number of phenols is 1. The Balaban J connectivity index is 2.21. The van der Waals surface area contributed by atoms with Gasteiger partial charge in [-0.1, -0.05) is 12.1 Å². The standard InChI is InChI=1S/C13H19N3O2S/c1-2-18-9-5-8-14-13(19)16-15-10-11-6-3-4-7-12(11)17/h3-4,6-7,10,17H,2,5,8-9H2,1H3,(H2,14,16,19)/b15-10+. The van der Waals surface area contributed by atoms with Crippen LogP contribution in [-0.2, 0) is 4.74 Å². The summed E-state index contributed by atoms with van der Waals surface area (Å²) >= 11 is 5.04. The fourth-order valence-electron chi connectivity index (χ4n) is 1.32. The minimum absolute atomic E-state index is 0.184. The third kappa shape index (κ3) is 6.73. The van der Waals surface area contributed by atoms with Crippen LogP contribution in [-0.4, -0.2) is 36.2 Å². The lowest BCUT2D eigenvalue weighted by atomic mass is 10.2. The molecule has 1 aromatic carbocycles. The molecule has 6 heteroatoms. The fraction of sp³-hybridized carbons (Fsp3) is 0.385. The quantitative estimate of drug-likeness (QED) is 0.307. The first kappa shape index (κ1) is 15.4. The number of rotatable bonds is 7. The Kier molecular flexibility index (Phi) is 7.53. The Bertz CT molecular complexity index is 424. The average molecular weight is 281 g/mol. The number of ether oxygens (including phenoxy) is 1. The summed E-state index contributed by atoms with van der Waals surface area (Å²) in [6, 6.07) is 6.95. The van der Waals surface area contributed by atoms with Crippen molar-refractivity contribution in [3.8, 4) is 5.75 Å². The maximum absolute atomic E-state index is 9.52. The van der Waals surface area contributed by atoms with Crippen molar-refractivity contribution in [1.82, 2.24) is 10.7 Å². The number of aromatic hydroxyl groups is 1. The van der Waals surface area contributed by atoms with Crippen molar-refractivity contribution in [3.05, 3.63) is 29.8 Å². The van der Waals surface area contributed by atoms with Crippen LogP contribution in [0.25, 0.3) is 0 Å². The highest BCUT2D eigenvalue weighted by Gasteiger charge is 1.95. The molecule has 104 valence electrons. The van der Waals surface area contributed by atoms with Gasteiger partial charge >= 0.3 is 0 Å². The number of para-hydroxylation sites is 1. The zero-order valence-electron chi connectivity index (χ0n) is 10.9. The smallest absolute Gasteiger partial charge is 0.186 e. The number of thiocarbonyl (C=S) groups is 1. The number of benzene rings is 1. The summed E-state index contributed by atoms with van der Waals surface area (Å²) in [6.07, 6.45) is 2.41. The van der Waals surface area contributed by atoms with Crippen molar-refractivity contribution in [2.45, 2.75) is 13.3 Å². The maximum Gasteiger partial charge on any atom is 0.186 e. The highest BCUT2D eigenvalue weighted by molar-refractivity contribution is 7.80. The van der Waals surface area contributed by atoms with E-state index in [0.717, 1.165) is 19.6 Å². The molecule has 0 bridgehead atoms. The summed E-state index contributed by atoms with van der Waals surface area (Å²) in [7, 11) is 0. The summed E-state index contributed by atoms with van der Waals surface area (Å²) in [5.41, 5.74) is 3.32. The van der Waals surface area contributed by atoms with E-state index in [4.69, 9.17) is 17.0 Å². The number of phenolic OH excluding ortho intramolecular Hbond substituents is 1. The monoisotopic (exact) mass is 281 g/mol. The molecule has 0 heterocycles. The highest BCUT2D eigenvalue weighted by Crippen LogP contribution is 2.12. The van der Waals surface area contributed by atoms with E-state index in [9.17, 15) is 5.11 Å². The molecule has 0 atom stereocenters. The largest absolute Gasteiger partial charge is 0.507 e. The van der Waals surface area contributed by atoms with E-state index < -0.39 is 0 Å². The number of hydrazone groups is 1. The first-order valence-electron chi connectivity index (χ1n) is 6.16. The summed E-state index contributed by atoms with van der Waals surface area (Å²) in [4.78, 5) is 0. The predicted molar refractivity (Wildman–Crippen MR) is 80.5 cm³/mol. The Morgan fingerprint density at radius 2 is 2.26 bits per heavy atom. The third-order valence-corrected chi connectivity index (χ3v) is 2.50. The first-order valence-corrected chi connectivity index (χ1v) is 6.57. The van der Waals surface area contributed by atoms with E-state index in [0.29, 0.717) is 17.3 Å². The molecule has 1 rings (SSSR count). The Labute approximate surface area is 118 Å². The highest BCUT2D eigenvalue weighted by atomic mass is 32.1. The van der Waals surface area contributed by atoms with Crippen molar-refractivity contribution in [2.75, 3.05) is 19.8 Å². The molecular formula is C13H19N3O2S. The molecule has 1 aromatic rings. The van der Waals surface area contributed by atoms with Crippen LogP contribution < -0.4 is 10.7 Å². The second-order valence-electron chi connectivity index (χ2n) is 3.74. The summed E-state index contributed by atoms with van der Waals surface area (Å²) in [5.74, 6) is 0.184. The van der Waals surface area contributed by atoms with Gasteiger partial charge in [0.05, 0.1) is 6.21 Å². The summed E-state index contributed by atoms with van der Waals surface area (Å²) < 4.78 is 5.21. The van der Waals surface area contributed by atoms with E-state index in [2.05, 4.69) is 15.8 Å². The van der Waals surface area contributed by atoms with Gasteiger partial charge < -0.3 is 15.2 Å². The number of nitrogens with one attached hydrogen (secondary N) is 2. The average Bonchev–Trinajstić information content (AvgIpc) is 2.41. The molecular weight excluding hydrogens is 262 g/mol. The van der Waals surface area contributed by atoms with E-state index in [1.807, 2.05) is 13.0 Å². The van der Waals surface area contributed by atoms with Gasteiger partial charge in [-0.25, -0.2) is 0 Å². The third-order valence-electron chi connectivity index (χ3n) is 2.26. The first-order chi connectivity index (χ1) is 9.24. The van der Waals surface area contributed by atoms with Crippen LogP contribution >= 0.6 is 12.2 Å².